The molecule has 0 aromatic heterocycles. The highest BCUT2D eigenvalue weighted by molar-refractivity contribution is 14.0. The molecule has 1 aromatic rings. The highest BCUT2D eigenvalue weighted by Gasteiger charge is 2.17. The molecule has 1 aromatic carbocycles. The maximum atomic E-state index is 5.31. The van der Waals surface area contributed by atoms with Gasteiger partial charge in [-0.25, -0.2) is 0 Å². The standard InChI is InChI=1S/C18H18N2O.HI/c1-13-16(6-4-14-8-10-20(2)11-9-14)17-12-15(21-3)5-7-18(17)19-13;/h4-12H,1-3H3;1H. The van der Waals surface area contributed by atoms with Gasteiger partial charge in [-0.1, -0.05) is 12.2 Å². The van der Waals surface area contributed by atoms with E-state index in [2.05, 4.69) is 29.3 Å². The predicted molar refractivity (Wildman–Crippen MR) is 103 cm³/mol. The van der Waals surface area contributed by atoms with Gasteiger partial charge in [-0.05, 0) is 42.8 Å². The van der Waals surface area contributed by atoms with Crippen LogP contribution in [0.5, 0.6) is 5.75 Å². The Morgan fingerprint density at radius 2 is 1.86 bits per heavy atom. The van der Waals surface area contributed by atoms with Gasteiger partial charge >= 0.3 is 0 Å². The van der Waals surface area contributed by atoms with Crippen molar-refractivity contribution < 1.29 is 4.74 Å². The fourth-order valence-corrected chi connectivity index (χ4v) is 2.40. The summed E-state index contributed by atoms with van der Waals surface area (Å²) in [5, 5.41) is 0. The predicted octanol–water partition coefficient (Wildman–Crippen LogP) is 4.70. The summed E-state index contributed by atoms with van der Waals surface area (Å²) in [6, 6.07) is 5.99. The summed E-state index contributed by atoms with van der Waals surface area (Å²) < 4.78 is 5.31. The molecule has 3 rings (SSSR count). The lowest BCUT2D eigenvalue weighted by Crippen LogP contribution is -2.02. The van der Waals surface area contributed by atoms with Crippen molar-refractivity contribution in [1.82, 2.24) is 4.90 Å². The molecule has 0 bridgehead atoms. The number of methoxy groups -OCH3 is 1. The van der Waals surface area contributed by atoms with Gasteiger partial charge in [0.25, 0.3) is 0 Å². The number of hydrogen-bond acceptors (Lipinski definition) is 3. The van der Waals surface area contributed by atoms with E-state index in [4.69, 9.17) is 4.74 Å². The second-order valence-electron chi connectivity index (χ2n) is 5.12. The molecule has 0 spiro atoms. The van der Waals surface area contributed by atoms with Crippen LogP contribution in [-0.2, 0) is 0 Å². The summed E-state index contributed by atoms with van der Waals surface area (Å²) >= 11 is 0. The van der Waals surface area contributed by atoms with Gasteiger partial charge in [0.2, 0.25) is 0 Å². The number of halogens is 1. The van der Waals surface area contributed by atoms with Crippen LogP contribution in [0.3, 0.4) is 0 Å². The van der Waals surface area contributed by atoms with E-state index in [1.165, 1.54) is 5.57 Å². The number of nitrogens with zero attached hydrogens (tertiary/aromatic N) is 2. The lowest BCUT2D eigenvalue weighted by atomic mass is 10.0. The largest absolute Gasteiger partial charge is 0.497 e. The number of ether oxygens (including phenoxy) is 1. The molecule has 0 radical (unpaired) electrons. The van der Waals surface area contributed by atoms with E-state index in [0.29, 0.717) is 0 Å². The van der Waals surface area contributed by atoms with E-state index >= 15 is 0 Å². The van der Waals surface area contributed by atoms with Gasteiger partial charge < -0.3 is 9.64 Å². The minimum Gasteiger partial charge on any atom is -0.497 e. The zero-order valence-corrected chi connectivity index (χ0v) is 15.2. The first-order valence-electron chi connectivity index (χ1n) is 6.92. The fourth-order valence-electron chi connectivity index (χ4n) is 2.40. The van der Waals surface area contributed by atoms with Crippen molar-refractivity contribution in [2.45, 2.75) is 6.92 Å². The average Bonchev–Trinajstić information content (AvgIpc) is 2.81. The minimum atomic E-state index is 0. The van der Waals surface area contributed by atoms with Crippen LogP contribution < -0.4 is 4.74 Å². The Labute approximate surface area is 148 Å². The molecule has 0 saturated carbocycles. The van der Waals surface area contributed by atoms with Gasteiger partial charge in [0.1, 0.15) is 5.75 Å². The SMILES string of the molecule is COc1ccc2c(c1)C(=CC=C1C=CN(C)C=C1)C(C)=N2.I. The maximum absolute atomic E-state index is 5.31. The van der Waals surface area contributed by atoms with Crippen LogP contribution in [0, 0.1) is 0 Å². The number of rotatable bonds is 2. The molecule has 2 aliphatic heterocycles. The van der Waals surface area contributed by atoms with Crippen molar-refractivity contribution in [3.8, 4) is 5.75 Å². The van der Waals surface area contributed by atoms with Crippen molar-refractivity contribution in [3.63, 3.8) is 0 Å². The molecule has 0 unspecified atom stereocenters. The van der Waals surface area contributed by atoms with Crippen LogP contribution in [0.1, 0.15) is 12.5 Å². The first kappa shape index (κ1) is 16.5. The number of allylic oxidation sites excluding steroid dienone is 6. The Balaban J connectivity index is 0.00000176. The van der Waals surface area contributed by atoms with Crippen molar-refractivity contribution in [2.75, 3.05) is 14.2 Å². The molecular formula is C18H19IN2O. The smallest absolute Gasteiger partial charge is 0.119 e. The second-order valence-corrected chi connectivity index (χ2v) is 5.12. The summed E-state index contributed by atoms with van der Waals surface area (Å²) in [6.45, 7) is 2.04. The molecule has 3 nitrogen and oxygen atoms in total. The van der Waals surface area contributed by atoms with Crippen molar-refractivity contribution in [3.05, 3.63) is 66.0 Å². The number of aliphatic imine (C=N–C) groups is 1. The van der Waals surface area contributed by atoms with E-state index in [0.717, 1.165) is 28.3 Å². The summed E-state index contributed by atoms with van der Waals surface area (Å²) in [5.74, 6) is 0.858. The Morgan fingerprint density at radius 3 is 2.55 bits per heavy atom. The Morgan fingerprint density at radius 1 is 1.14 bits per heavy atom. The Hall–Kier alpha value is -1.82. The quantitative estimate of drug-likeness (QED) is 0.666. The first-order valence-corrected chi connectivity index (χ1v) is 6.92. The lowest BCUT2D eigenvalue weighted by molar-refractivity contribution is 0.415. The Bertz CT molecular complexity index is 711. The number of benzene rings is 1. The Kier molecular flexibility index (Phi) is 5.24. The normalized spacial score (nSPS) is 17.2. The van der Waals surface area contributed by atoms with Gasteiger partial charge in [-0.15, -0.1) is 24.0 Å². The molecule has 0 saturated heterocycles. The van der Waals surface area contributed by atoms with E-state index in [1.807, 2.05) is 49.5 Å². The molecule has 0 aliphatic carbocycles. The highest BCUT2D eigenvalue weighted by atomic mass is 127. The maximum Gasteiger partial charge on any atom is 0.119 e. The zero-order valence-electron chi connectivity index (χ0n) is 12.9. The summed E-state index contributed by atoms with van der Waals surface area (Å²) in [7, 11) is 3.70. The second kappa shape index (κ2) is 6.96. The molecule has 4 heteroatoms. The average molecular weight is 406 g/mol. The van der Waals surface area contributed by atoms with Crippen LogP contribution in [0.15, 0.2) is 65.5 Å². The first-order chi connectivity index (χ1) is 10.2. The third-order valence-electron chi connectivity index (χ3n) is 3.62. The lowest BCUT2D eigenvalue weighted by Gasteiger charge is -2.11. The molecule has 0 fully saturated rings. The summed E-state index contributed by atoms with van der Waals surface area (Å²) in [6.07, 6.45) is 12.5. The fraction of sp³-hybridized carbons (Fsp3) is 0.167. The highest BCUT2D eigenvalue weighted by Crippen LogP contribution is 2.37. The van der Waals surface area contributed by atoms with Crippen molar-refractivity contribution in [2.24, 2.45) is 4.99 Å². The molecular weight excluding hydrogens is 387 g/mol. The molecule has 0 atom stereocenters. The van der Waals surface area contributed by atoms with Gasteiger partial charge in [-0.2, -0.15) is 0 Å². The van der Waals surface area contributed by atoms with Gasteiger partial charge in [-0.3, -0.25) is 4.99 Å². The van der Waals surface area contributed by atoms with E-state index in [1.54, 1.807) is 7.11 Å². The van der Waals surface area contributed by atoms with Crippen LogP contribution in [0.25, 0.3) is 5.57 Å². The van der Waals surface area contributed by atoms with Crippen LogP contribution in [-0.4, -0.2) is 24.8 Å². The summed E-state index contributed by atoms with van der Waals surface area (Å²) in [4.78, 5) is 6.62. The molecule has 2 heterocycles. The van der Waals surface area contributed by atoms with Crippen molar-refractivity contribution >= 4 is 40.9 Å². The molecule has 2 aliphatic rings. The monoisotopic (exact) mass is 406 g/mol. The van der Waals surface area contributed by atoms with Gasteiger partial charge in [0, 0.05) is 36.3 Å². The molecule has 114 valence electrons. The number of hydrogen-bond donors (Lipinski definition) is 0. The number of fused-ring (bicyclic) bond motifs is 1. The van der Waals surface area contributed by atoms with Crippen LogP contribution >= 0.6 is 24.0 Å². The minimum absolute atomic E-state index is 0. The van der Waals surface area contributed by atoms with Crippen LogP contribution in [0.4, 0.5) is 5.69 Å². The molecule has 0 N–H and O–H groups in total. The van der Waals surface area contributed by atoms with Crippen molar-refractivity contribution in [1.29, 1.82) is 0 Å². The third kappa shape index (κ3) is 3.32. The van der Waals surface area contributed by atoms with Gasteiger partial charge in [0.05, 0.1) is 12.8 Å². The third-order valence-corrected chi connectivity index (χ3v) is 3.62. The molecule has 22 heavy (non-hydrogen) atoms. The van der Waals surface area contributed by atoms with E-state index < -0.39 is 0 Å². The van der Waals surface area contributed by atoms with E-state index in [-0.39, 0.29) is 24.0 Å². The molecule has 0 amide bonds. The van der Waals surface area contributed by atoms with Gasteiger partial charge in [0.15, 0.2) is 0 Å². The van der Waals surface area contributed by atoms with E-state index in [9.17, 15) is 0 Å². The topological polar surface area (TPSA) is 24.8 Å². The zero-order chi connectivity index (χ0) is 14.8. The summed E-state index contributed by atoms with van der Waals surface area (Å²) in [5.41, 5.74) is 5.50. The van der Waals surface area contributed by atoms with Crippen LogP contribution in [0.2, 0.25) is 0 Å².